The van der Waals surface area contributed by atoms with E-state index in [-0.39, 0.29) is 11.9 Å². The van der Waals surface area contributed by atoms with Crippen LogP contribution in [0.25, 0.3) is 0 Å². The molecule has 0 saturated carbocycles. The Balaban J connectivity index is 2.83. The third-order valence-corrected chi connectivity index (χ3v) is 2.36. The molecular weight excluding hydrogens is 192 g/mol. The lowest BCUT2D eigenvalue weighted by Gasteiger charge is -2.14. The Kier molecular flexibility index (Phi) is 4.34. The number of esters is 1. The number of aromatic nitrogens is 2. The van der Waals surface area contributed by atoms with Crippen LogP contribution in [0.3, 0.4) is 0 Å². The molecule has 0 amide bonds. The van der Waals surface area contributed by atoms with Crippen molar-refractivity contribution in [1.82, 2.24) is 9.78 Å². The molecule has 0 radical (unpaired) electrons. The molecule has 0 spiro atoms. The summed E-state index contributed by atoms with van der Waals surface area (Å²) < 4.78 is 6.79. The van der Waals surface area contributed by atoms with Crippen molar-refractivity contribution in [2.75, 3.05) is 6.61 Å². The van der Waals surface area contributed by atoms with Crippen LogP contribution >= 0.6 is 0 Å². The predicted octanol–water partition coefficient (Wildman–Crippen LogP) is 1.87. The van der Waals surface area contributed by atoms with Crippen LogP contribution in [0.1, 0.15) is 38.3 Å². The van der Waals surface area contributed by atoms with E-state index in [0.717, 1.165) is 18.5 Å². The van der Waals surface area contributed by atoms with Crippen LogP contribution in [0, 0.1) is 0 Å². The lowest BCUT2D eigenvalue weighted by molar-refractivity contribution is -0.145. The maximum Gasteiger partial charge on any atom is 0.314 e. The first kappa shape index (κ1) is 11.8. The van der Waals surface area contributed by atoms with Crippen LogP contribution in [-0.4, -0.2) is 22.4 Å². The molecule has 0 N–H and O–H groups in total. The lowest BCUT2D eigenvalue weighted by atomic mass is 10.00. The van der Waals surface area contributed by atoms with Crippen molar-refractivity contribution >= 4 is 5.97 Å². The summed E-state index contributed by atoms with van der Waals surface area (Å²) in [6, 6.07) is 1.87. The van der Waals surface area contributed by atoms with Gasteiger partial charge in [0.05, 0.1) is 18.2 Å². The third kappa shape index (κ3) is 2.81. The Labute approximate surface area is 90.2 Å². The van der Waals surface area contributed by atoms with Gasteiger partial charge in [0.2, 0.25) is 0 Å². The van der Waals surface area contributed by atoms with Crippen LogP contribution in [0.5, 0.6) is 0 Å². The normalized spacial score (nSPS) is 12.5. The summed E-state index contributed by atoms with van der Waals surface area (Å²) in [6.45, 7) is 4.31. The molecule has 0 aliphatic rings. The van der Waals surface area contributed by atoms with Crippen LogP contribution in [0.2, 0.25) is 0 Å². The largest absolute Gasteiger partial charge is 0.465 e. The summed E-state index contributed by atoms with van der Waals surface area (Å²) in [7, 11) is 1.84. The Bertz CT molecular complexity index is 320. The van der Waals surface area contributed by atoms with Gasteiger partial charge in [-0.3, -0.25) is 9.48 Å². The minimum atomic E-state index is -0.178. The van der Waals surface area contributed by atoms with Crippen molar-refractivity contribution in [2.45, 2.75) is 32.6 Å². The molecule has 0 aliphatic carbocycles. The SMILES string of the molecule is CCCC(C(=O)OCC)c1ccnn1C. The summed E-state index contributed by atoms with van der Waals surface area (Å²) in [5.74, 6) is -0.328. The first-order valence-corrected chi connectivity index (χ1v) is 5.35. The highest BCUT2D eigenvalue weighted by Crippen LogP contribution is 2.21. The van der Waals surface area contributed by atoms with Crippen molar-refractivity contribution in [1.29, 1.82) is 0 Å². The number of nitrogens with zero attached hydrogens (tertiary/aromatic N) is 2. The second-order valence-electron chi connectivity index (χ2n) is 3.47. The molecule has 0 aliphatic heterocycles. The highest BCUT2D eigenvalue weighted by atomic mass is 16.5. The number of ether oxygens (including phenoxy) is 1. The van der Waals surface area contributed by atoms with E-state index in [9.17, 15) is 4.79 Å². The monoisotopic (exact) mass is 210 g/mol. The molecule has 1 rings (SSSR count). The zero-order chi connectivity index (χ0) is 11.3. The second-order valence-corrected chi connectivity index (χ2v) is 3.47. The zero-order valence-electron chi connectivity index (χ0n) is 9.56. The molecule has 1 aromatic heterocycles. The van der Waals surface area contributed by atoms with Crippen molar-refractivity contribution in [3.8, 4) is 0 Å². The number of aryl methyl sites for hydroxylation is 1. The second kappa shape index (κ2) is 5.53. The maximum absolute atomic E-state index is 11.7. The smallest absolute Gasteiger partial charge is 0.314 e. The molecule has 1 heterocycles. The fourth-order valence-corrected chi connectivity index (χ4v) is 1.64. The number of carbonyl (C=O) groups is 1. The van der Waals surface area contributed by atoms with Crippen LogP contribution < -0.4 is 0 Å². The van der Waals surface area contributed by atoms with E-state index in [2.05, 4.69) is 12.0 Å². The molecule has 84 valence electrons. The zero-order valence-corrected chi connectivity index (χ0v) is 9.56. The van der Waals surface area contributed by atoms with E-state index in [0.29, 0.717) is 6.61 Å². The Hall–Kier alpha value is -1.32. The molecule has 0 fully saturated rings. The minimum absolute atomic E-state index is 0.150. The first-order chi connectivity index (χ1) is 7.20. The van der Waals surface area contributed by atoms with Gasteiger partial charge < -0.3 is 4.74 Å². The van der Waals surface area contributed by atoms with Crippen LogP contribution in [0.15, 0.2) is 12.3 Å². The van der Waals surface area contributed by atoms with Crippen molar-refractivity contribution in [3.05, 3.63) is 18.0 Å². The Morgan fingerprint density at radius 2 is 2.33 bits per heavy atom. The van der Waals surface area contributed by atoms with E-state index in [1.807, 2.05) is 20.0 Å². The number of carbonyl (C=O) groups excluding carboxylic acids is 1. The van der Waals surface area contributed by atoms with E-state index >= 15 is 0 Å². The number of rotatable bonds is 5. The minimum Gasteiger partial charge on any atom is -0.465 e. The van der Waals surface area contributed by atoms with Crippen molar-refractivity contribution in [3.63, 3.8) is 0 Å². The van der Waals surface area contributed by atoms with Gasteiger partial charge in [0.25, 0.3) is 0 Å². The summed E-state index contributed by atoms with van der Waals surface area (Å²) in [6.07, 6.45) is 3.46. The molecule has 4 heteroatoms. The summed E-state index contributed by atoms with van der Waals surface area (Å²) in [5, 5.41) is 4.07. The molecule has 0 aromatic carbocycles. The molecule has 0 saturated heterocycles. The quantitative estimate of drug-likeness (QED) is 0.697. The van der Waals surface area contributed by atoms with Gasteiger partial charge in [0, 0.05) is 13.2 Å². The molecule has 1 atom stereocenters. The van der Waals surface area contributed by atoms with Gasteiger partial charge in [0.1, 0.15) is 0 Å². The highest BCUT2D eigenvalue weighted by Gasteiger charge is 2.23. The van der Waals surface area contributed by atoms with Gasteiger partial charge in [-0.1, -0.05) is 13.3 Å². The van der Waals surface area contributed by atoms with Crippen LogP contribution in [-0.2, 0) is 16.6 Å². The molecule has 1 unspecified atom stereocenters. The molecule has 1 aromatic rings. The average molecular weight is 210 g/mol. The molecule has 15 heavy (non-hydrogen) atoms. The van der Waals surface area contributed by atoms with Gasteiger partial charge >= 0.3 is 5.97 Å². The van der Waals surface area contributed by atoms with Gasteiger partial charge in [-0.2, -0.15) is 5.10 Å². The number of hydrogen-bond donors (Lipinski definition) is 0. The van der Waals surface area contributed by atoms with E-state index < -0.39 is 0 Å². The first-order valence-electron chi connectivity index (χ1n) is 5.35. The highest BCUT2D eigenvalue weighted by molar-refractivity contribution is 5.77. The Morgan fingerprint density at radius 3 is 2.80 bits per heavy atom. The summed E-state index contributed by atoms with van der Waals surface area (Å²) in [4.78, 5) is 11.7. The van der Waals surface area contributed by atoms with Gasteiger partial charge in [-0.05, 0) is 19.4 Å². The topological polar surface area (TPSA) is 44.1 Å². The number of hydrogen-bond acceptors (Lipinski definition) is 3. The van der Waals surface area contributed by atoms with Gasteiger partial charge in [-0.15, -0.1) is 0 Å². The maximum atomic E-state index is 11.7. The van der Waals surface area contributed by atoms with Crippen molar-refractivity contribution < 1.29 is 9.53 Å². The van der Waals surface area contributed by atoms with Crippen LogP contribution in [0.4, 0.5) is 0 Å². The Morgan fingerprint density at radius 1 is 1.60 bits per heavy atom. The summed E-state index contributed by atoms with van der Waals surface area (Å²) >= 11 is 0. The summed E-state index contributed by atoms with van der Waals surface area (Å²) in [5.41, 5.74) is 0.926. The van der Waals surface area contributed by atoms with Gasteiger partial charge in [-0.25, -0.2) is 0 Å². The average Bonchev–Trinajstić information content (AvgIpc) is 2.61. The van der Waals surface area contributed by atoms with E-state index in [4.69, 9.17) is 4.74 Å². The fraction of sp³-hybridized carbons (Fsp3) is 0.636. The third-order valence-electron chi connectivity index (χ3n) is 2.36. The van der Waals surface area contributed by atoms with E-state index in [1.165, 1.54) is 0 Å². The molecular formula is C11H18N2O2. The fourth-order valence-electron chi connectivity index (χ4n) is 1.64. The lowest BCUT2D eigenvalue weighted by Crippen LogP contribution is -2.18. The molecule has 0 bridgehead atoms. The van der Waals surface area contributed by atoms with Crippen molar-refractivity contribution in [2.24, 2.45) is 7.05 Å². The predicted molar refractivity (Wildman–Crippen MR) is 57.5 cm³/mol. The molecule has 4 nitrogen and oxygen atoms in total. The van der Waals surface area contributed by atoms with E-state index in [1.54, 1.807) is 10.9 Å². The van der Waals surface area contributed by atoms with Gasteiger partial charge in [0.15, 0.2) is 0 Å². The standard InChI is InChI=1S/C11H18N2O2/c1-4-6-9(11(14)15-5-2)10-7-8-12-13(10)3/h7-9H,4-6H2,1-3H3.